The maximum absolute atomic E-state index is 13.3. The number of hydrogen-bond acceptors (Lipinski definition) is 9. The fourth-order valence-electron chi connectivity index (χ4n) is 3.57. The van der Waals surface area contributed by atoms with E-state index in [4.69, 9.17) is 25.5 Å². The minimum atomic E-state index is -1.06. The Hall–Kier alpha value is -3.80. The van der Waals surface area contributed by atoms with Crippen LogP contribution in [0, 0.1) is 17.6 Å². The van der Waals surface area contributed by atoms with Crippen LogP contribution in [0.3, 0.4) is 0 Å². The molecule has 0 bridgehead atoms. The number of benzene rings is 1. The van der Waals surface area contributed by atoms with E-state index in [1.165, 1.54) is 25.4 Å². The van der Waals surface area contributed by atoms with E-state index in [1.807, 2.05) is 0 Å². The minimum Gasteiger partial charge on any atom is -0.473 e. The van der Waals surface area contributed by atoms with Gasteiger partial charge in [0.2, 0.25) is 5.88 Å². The second kappa shape index (κ2) is 10.6. The smallest absolute Gasteiger partial charge is 0.320 e. The number of ether oxygens (including phenoxy) is 2. The molecule has 10 nitrogen and oxygen atoms in total. The maximum atomic E-state index is 13.3. The third-order valence-corrected chi connectivity index (χ3v) is 5.61. The van der Waals surface area contributed by atoms with Crippen molar-refractivity contribution < 1.29 is 32.3 Å². The first-order valence-electron chi connectivity index (χ1n) is 10.6. The number of nitrogens with one attached hydrogen (secondary N) is 2. The third kappa shape index (κ3) is 6.01. The van der Waals surface area contributed by atoms with Gasteiger partial charge >= 0.3 is 23.8 Å². The molecule has 3 aromatic rings. The molecular weight excluding hydrogens is 488 g/mol. The summed E-state index contributed by atoms with van der Waals surface area (Å²) < 4.78 is 42.2. The number of hydrogen-bond donors (Lipinski definition) is 2. The standard InChI is InChI=1S/C22H20ClF2N5O5/c1-33-21(32)11-2-5-14(6-3-11)34-19-15(23)8-13(10-26-19)27-18(31)20-29-30-22(35-20)28-12-4-7-16(24)17(25)9-12/h4,7-11,14H,2-3,5-6H2,1H3,(H,27,31)(H,28,30)/t11-,14-. The van der Waals surface area contributed by atoms with Gasteiger partial charge in [0.1, 0.15) is 11.1 Å². The Bertz CT molecular complexity index is 1230. The van der Waals surface area contributed by atoms with Gasteiger partial charge in [0.05, 0.1) is 24.9 Å². The second-order valence-electron chi connectivity index (χ2n) is 7.75. The van der Waals surface area contributed by atoms with Crippen LogP contribution in [-0.4, -0.2) is 40.3 Å². The van der Waals surface area contributed by atoms with Gasteiger partial charge in [-0.25, -0.2) is 13.8 Å². The molecule has 0 spiro atoms. The first-order valence-corrected chi connectivity index (χ1v) is 11.0. The third-order valence-electron chi connectivity index (χ3n) is 5.34. The Labute approximate surface area is 203 Å². The monoisotopic (exact) mass is 507 g/mol. The highest BCUT2D eigenvalue weighted by Crippen LogP contribution is 2.31. The predicted octanol–water partition coefficient (Wildman–Crippen LogP) is 4.50. The van der Waals surface area contributed by atoms with Crippen LogP contribution in [0.5, 0.6) is 5.88 Å². The molecule has 1 aliphatic carbocycles. The van der Waals surface area contributed by atoms with Gasteiger partial charge in [-0.1, -0.05) is 16.7 Å². The van der Waals surface area contributed by atoms with Gasteiger partial charge in [-0.3, -0.25) is 9.59 Å². The number of methoxy groups -OCH3 is 1. The molecule has 0 radical (unpaired) electrons. The number of esters is 1. The van der Waals surface area contributed by atoms with Crippen LogP contribution < -0.4 is 15.4 Å². The van der Waals surface area contributed by atoms with Crippen molar-refractivity contribution in [2.75, 3.05) is 17.7 Å². The maximum Gasteiger partial charge on any atom is 0.320 e. The summed E-state index contributed by atoms with van der Waals surface area (Å²) in [5.74, 6) is -3.31. The molecule has 0 unspecified atom stereocenters. The zero-order valence-corrected chi connectivity index (χ0v) is 19.1. The highest BCUT2D eigenvalue weighted by atomic mass is 35.5. The van der Waals surface area contributed by atoms with Gasteiger partial charge < -0.3 is 24.5 Å². The number of nitrogens with zero attached hydrogens (tertiary/aromatic N) is 3. The van der Waals surface area contributed by atoms with E-state index < -0.39 is 17.5 Å². The first-order chi connectivity index (χ1) is 16.8. The molecule has 2 N–H and O–H groups in total. The Kier molecular flexibility index (Phi) is 7.39. The van der Waals surface area contributed by atoms with Gasteiger partial charge in [0.15, 0.2) is 11.6 Å². The summed E-state index contributed by atoms with van der Waals surface area (Å²) in [7, 11) is 1.37. The topological polar surface area (TPSA) is 128 Å². The number of pyridine rings is 1. The lowest BCUT2D eigenvalue weighted by Gasteiger charge is -2.27. The predicted molar refractivity (Wildman–Crippen MR) is 120 cm³/mol. The summed E-state index contributed by atoms with van der Waals surface area (Å²) in [6.45, 7) is 0. The van der Waals surface area contributed by atoms with Crippen molar-refractivity contribution >= 4 is 40.9 Å². The number of halogens is 3. The molecule has 35 heavy (non-hydrogen) atoms. The summed E-state index contributed by atoms with van der Waals surface area (Å²) in [6.07, 6.45) is 3.85. The van der Waals surface area contributed by atoms with Crippen LogP contribution in [0.2, 0.25) is 5.02 Å². The molecular formula is C22H20ClF2N5O5. The molecule has 184 valence electrons. The van der Waals surface area contributed by atoms with Crippen molar-refractivity contribution in [3.8, 4) is 5.88 Å². The largest absolute Gasteiger partial charge is 0.473 e. The molecule has 1 amide bonds. The van der Waals surface area contributed by atoms with Crippen molar-refractivity contribution in [1.29, 1.82) is 0 Å². The molecule has 1 fully saturated rings. The van der Waals surface area contributed by atoms with Crippen LogP contribution in [0.25, 0.3) is 0 Å². The Morgan fingerprint density at radius 2 is 1.86 bits per heavy atom. The molecule has 0 saturated heterocycles. The molecule has 4 rings (SSSR count). The summed E-state index contributed by atoms with van der Waals surface area (Å²) in [5, 5.41) is 12.6. The Morgan fingerprint density at radius 3 is 2.54 bits per heavy atom. The van der Waals surface area contributed by atoms with Crippen LogP contribution in [-0.2, 0) is 9.53 Å². The lowest BCUT2D eigenvalue weighted by molar-refractivity contribution is -0.147. The molecule has 1 saturated carbocycles. The van der Waals surface area contributed by atoms with Gasteiger partial charge in [-0.05, 0) is 43.9 Å². The van der Waals surface area contributed by atoms with E-state index in [9.17, 15) is 18.4 Å². The molecule has 13 heteroatoms. The lowest BCUT2D eigenvalue weighted by Crippen LogP contribution is -2.28. The first kappa shape index (κ1) is 24.3. The van der Waals surface area contributed by atoms with Crippen molar-refractivity contribution in [3.63, 3.8) is 0 Å². The fraction of sp³-hybridized carbons (Fsp3) is 0.318. The van der Waals surface area contributed by atoms with Crippen molar-refractivity contribution in [1.82, 2.24) is 15.2 Å². The van der Waals surface area contributed by atoms with Crippen LogP contribution in [0.1, 0.15) is 36.4 Å². The Morgan fingerprint density at radius 1 is 1.09 bits per heavy atom. The zero-order chi connectivity index (χ0) is 24.9. The van der Waals surface area contributed by atoms with E-state index in [0.29, 0.717) is 25.7 Å². The normalized spacial score (nSPS) is 17.5. The van der Waals surface area contributed by atoms with Gasteiger partial charge in [-0.2, -0.15) is 0 Å². The minimum absolute atomic E-state index is 0.127. The number of carbonyl (C=O) groups excluding carboxylic acids is 2. The van der Waals surface area contributed by atoms with E-state index >= 15 is 0 Å². The highest BCUT2D eigenvalue weighted by Gasteiger charge is 2.28. The van der Waals surface area contributed by atoms with Crippen molar-refractivity contribution in [2.24, 2.45) is 5.92 Å². The molecule has 0 atom stereocenters. The quantitative estimate of drug-likeness (QED) is 0.444. The number of anilines is 3. The average Bonchev–Trinajstić information content (AvgIpc) is 3.32. The summed E-state index contributed by atoms with van der Waals surface area (Å²) in [6, 6.07) is 4.37. The molecule has 2 heterocycles. The SMILES string of the molecule is COC(=O)[C@H]1CC[C@H](Oc2ncc(NC(=O)c3nnc(Nc4ccc(F)c(F)c4)o3)cc2Cl)CC1. The molecule has 1 aromatic carbocycles. The van der Waals surface area contributed by atoms with Gasteiger partial charge in [0.25, 0.3) is 0 Å². The van der Waals surface area contributed by atoms with E-state index in [-0.39, 0.29) is 52.2 Å². The van der Waals surface area contributed by atoms with Crippen LogP contribution in [0.15, 0.2) is 34.9 Å². The van der Waals surface area contributed by atoms with E-state index in [1.54, 1.807) is 0 Å². The van der Waals surface area contributed by atoms with Gasteiger partial charge in [0, 0.05) is 11.8 Å². The molecule has 1 aliphatic rings. The number of carbonyl (C=O) groups is 2. The van der Waals surface area contributed by atoms with Crippen LogP contribution in [0.4, 0.5) is 26.2 Å². The second-order valence-corrected chi connectivity index (χ2v) is 8.15. The fourth-order valence-corrected chi connectivity index (χ4v) is 3.78. The van der Waals surface area contributed by atoms with Crippen molar-refractivity contribution in [3.05, 3.63) is 53.0 Å². The lowest BCUT2D eigenvalue weighted by atomic mass is 9.87. The summed E-state index contributed by atoms with van der Waals surface area (Å²) in [4.78, 5) is 28.2. The molecule has 2 aromatic heterocycles. The van der Waals surface area contributed by atoms with Crippen molar-refractivity contribution in [2.45, 2.75) is 31.8 Å². The van der Waals surface area contributed by atoms with E-state index in [2.05, 4.69) is 25.8 Å². The average molecular weight is 508 g/mol. The number of rotatable bonds is 7. The highest BCUT2D eigenvalue weighted by molar-refractivity contribution is 6.32. The number of aromatic nitrogens is 3. The number of amides is 1. The van der Waals surface area contributed by atoms with E-state index in [0.717, 1.165) is 12.1 Å². The van der Waals surface area contributed by atoms with Gasteiger partial charge in [-0.15, -0.1) is 5.10 Å². The summed E-state index contributed by atoms with van der Waals surface area (Å²) >= 11 is 6.27. The summed E-state index contributed by atoms with van der Waals surface area (Å²) in [5.41, 5.74) is 0.417. The Balaban J connectivity index is 1.33. The van der Waals surface area contributed by atoms with Crippen LogP contribution >= 0.6 is 11.6 Å². The zero-order valence-electron chi connectivity index (χ0n) is 18.4. The molecule has 0 aliphatic heterocycles.